The molecule has 1 saturated heterocycles. The predicted octanol–water partition coefficient (Wildman–Crippen LogP) is 1.58. The van der Waals surface area contributed by atoms with Gasteiger partial charge in [-0.25, -0.2) is 4.68 Å². The molecule has 2 aromatic rings. The van der Waals surface area contributed by atoms with Crippen molar-refractivity contribution < 1.29 is 5.11 Å². The highest BCUT2D eigenvalue weighted by Gasteiger charge is 2.20. The number of aryl methyl sites for hydroxylation is 1. The van der Waals surface area contributed by atoms with Gasteiger partial charge in [0.15, 0.2) is 0 Å². The third-order valence-corrected chi connectivity index (χ3v) is 4.64. The van der Waals surface area contributed by atoms with Crippen molar-refractivity contribution in [3.8, 4) is 5.75 Å². The number of nitrogens with zero attached hydrogens (tertiary/aromatic N) is 4. The summed E-state index contributed by atoms with van der Waals surface area (Å²) in [6.45, 7) is 3.33. The third kappa shape index (κ3) is 2.81. The number of aromatic hydroxyl groups is 1. The van der Waals surface area contributed by atoms with Gasteiger partial charge in [0.05, 0.1) is 11.9 Å². The van der Waals surface area contributed by atoms with Gasteiger partial charge in [-0.15, -0.1) is 0 Å². The minimum atomic E-state index is -0.126. The summed E-state index contributed by atoms with van der Waals surface area (Å²) >= 11 is 3.38. The Morgan fingerprint density at radius 3 is 2.32 bits per heavy atom. The van der Waals surface area contributed by atoms with Crippen molar-refractivity contribution in [1.29, 1.82) is 0 Å². The summed E-state index contributed by atoms with van der Waals surface area (Å²) in [5, 5.41) is 13.4. The minimum Gasteiger partial charge on any atom is -0.508 e. The van der Waals surface area contributed by atoms with E-state index >= 15 is 0 Å². The largest absolute Gasteiger partial charge is 0.508 e. The van der Waals surface area contributed by atoms with E-state index in [9.17, 15) is 9.90 Å². The van der Waals surface area contributed by atoms with Gasteiger partial charge in [0.1, 0.15) is 10.2 Å². The van der Waals surface area contributed by atoms with Crippen LogP contribution >= 0.6 is 15.9 Å². The zero-order chi connectivity index (χ0) is 15.7. The molecule has 0 radical (unpaired) electrons. The quantitative estimate of drug-likeness (QED) is 0.876. The van der Waals surface area contributed by atoms with E-state index in [2.05, 4.69) is 30.8 Å². The summed E-state index contributed by atoms with van der Waals surface area (Å²) in [5.41, 5.74) is 1.81. The number of piperazine rings is 1. The molecule has 0 aliphatic carbocycles. The fraction of sp³-hybridized carbons (Fsp3) is 0.333. The maximum absolute atomic E-state index is 11.9. The highest BCUT2D eigenvalue weighted by atomic mass is 79.9. The van der Waals surface area contributed by atoms with Crippen molar-refractivity contribution in [2.45, 2.75) is 0 Å². The maximum Gasteiger partial charge on any atom is 0.282 e. The summed E-state index contributed by atoms with van der Waals surface area (Å²) in [6.07, 6.45) is 1.72. The number of anilines is 2. The van der Waals surface area contributed by atoms with E-state index in [4.69, 9.17) is 0 Å². The second kappa shape index (κ2) is 6.00. The summed E-state index contributed by atoms with van der Waals surface area (Å²) < 4.78 is 1.88. The van der Waals surface area contributed by atoms with Crippen molar-refractivity contribution in [1.82, 2.24) is 9.78 Å². The molecule has 1 aliphatic heterocycles. The summed E-state index contributed by atoms with van der Waals surface area (Å²) in [5.74, 6) is 0.275. The Morgan fingerprint density at radius 2 is 1.68 bits per heavy atom. The van der Waals surface area contributed by atoms with Gasteiger partial charge in [-0.1, -0.05) is 0 Å². The zero-order valence-corrected chi connectivity index (χ0v) is 13.8. The van der Waals surface area contributed by atoms with Crippen LogP contribution in [0.3, 0.4) is 0 Å². The lowest BCUT2D eigenvalue weighted by atomic mass is 10.2. The van der Waals surface area contributed by atoms with E-state index in [0.717, 1.165) is 37.6 Å². The number of hydrogen-bond acceptors (Lipinski definition) is 5. The molecule has 0 amide bonds. The summed E-state index contributed by atoms with van der Waals surface area (Å²) in [4.78, 5) is 16.4. The molecule has 1 fully saturated rings. The molecular formula is C15H17BrN4O2. The van der Waals surface area contributed by atoms with Crippen molar-refractivity contribution >= 4 is 27.3 Å². The first-order chi connectivity index (χ1) is 10.6. The van der Waals surface area contributed by atoms with Crippen LogP contribution in [0.15, 0.2) is 39.7 Å². The number of phenolic OH excluding ortho intramolecular Hbond substituents is 1. The molecule has 0 spiro atoms. The molecule has 0 atom stereocenters. The number of halogens is 1. The lowest BCUT2D eigenvalue weighted by Gasteiger charge is -2.37. The average molecular weight is 365 g/mol. The SMILES string of the molecule is Cn1ncc(N2CCN(c3ccc(O)cc3)CC2)c(Br)c1=O. The van der Waals surface area contributed by atoms with Gasteiger partial charge in [-0.3, -0.25) is 4.79 Å². The van der Waals surface area contributed by atoms with Gasteiger partial charge in [-0.2, -0.15) is 5.10 Å². The Kier molecular flexibility index (Phi) is 4.06. The molecule has 1 N–H and O–H groups in total. The first-order valence-corrected chi connectivity index (χ1v) is 7.86. The molecule has 7 heteroatoms. The molecular weight excluding hydrogens is 348 g/mol. The fourth-order valence-electron chi connectivity index (χ4n) is 2.59. The monoisotopic (exact) mass is 364 g/mol. The first-order valence-electron chi connectivity index (χ1n) is 7.07. The topological polar surface area (TPSA) is 61.6 Å². The van der Waals surface area contributed by atoms with Crippen molar-refractivity contribution in [2.24, 2.45) is 7.05 Å². The Bertz CT molecular complexity index is 721. The molecule has 116 valence electrons. The molecule has 22 heavy (non-hydrogen) atoms. The number of aromatic nitrogens is 2. The normalized spacial score (nSPS) is 15.2. The molecule has 0 saturated carbocycles. The molecule has 2 heterocycles. The number of benzene rings is 1. The molecule has 1 aliphatic rings. The van der Waals surface area contributed by atoms with Crippen LogP contribution in [0, 0.1) is 0 Å². The fourth-order valence-corrected chi connectivity index (χ4v) is 3.20. The van der Waals surface area contributed by atoms with Crippen molar-refractivity contribution in [3.05, 3.63) is 45.3 Å². The Hall–Kier alpha value is -2.02. The van der Waals surface area contributed by atoms with Gasteiger partial charge in [-0.05, 0) is 40.2 Å². The van der Waals surface area contributed by atoms with Crippen LogP contribution in [-0.2, 0) is 7.05 Å². The molecule has 1 aromatic heterocycles. The van der Waals surface area contributed by atoms with Gasteiger partial charge in [0.25, 0.3) is 5.56 Å². The van der Waals surface area contributed by atoms with Crippen LogP contribution in [0.2, 0.25) is 0 Å². The lowest BCUT2D eigenvalue weighted by molar-refractivity contribution is 0.475. The van der Waals surface area contributed by atoms with Gasteiger partial charge >= 0.3 is 0 Å². The highest BCUT2D eigenvalue weighted by molar-refractivity contribution is 9.10. The molecule has 0 unspecified atom stereocenters. The van der Waals surface area contributed by atoms with Crippen LogP contribution in [0.1, 0.15) is 0 Å². The number of hydrogen-bond donors (Lipinski definition) is 1. The molecule has 1 aromatic carbocycles. The minimum absolute atomic E-state index is 0.126. The second-order valence-corrected chi connectivity index (χ2v) is 6.06. The average Bonchev–Trinajstić information content (AvgIpc) is 2.54. The molecule has 3 rings (SSSR count). The smallest absolute Gasteiger partial charge is 0.282 e. The molecule has 6 nitrogen and oxygen atoms in total. The van der Waals surface area contributed by atoms with Crippen LogP contribution in [0.4, 0.5) is 11.4 Å². The van der Waals surface area contributed by atoms with Gasteiger partial charge < -0.3 is 14.9 Å². The zero-order valence-electron chi connectivity index (χ0n) is 12.2. The van der Waals surface area contributed by atoms with Crippen molar-refractivity contribution in [2.75, 3.05) is 36.0 Å². The van der Waals surface area contributed by atoms with Crippen LogP contribution in [-0.4, -0.2) is 41.1 Å². The van der Waals surface area contributed by atoms with Gasteiger partial charge in [0, 0.05) is 38.9 Å². The first kappa shape index (κ1) is 14.9. The Labute approximate surface area is 136 Å². The molecule has 0 bridgehead atoms. The van der Waals surface area contributed by atoms with E-state index in [-0.39, 0.29) is 11.3 Å². The summed E-state index contributed by atoms with van der Waals surface area (Å²) in [6, 6.07) is 7.23. The number of phenols is 1. The van der Waals surface area contributed by atoms with E-state index in [0.29, 0.717) is 4.47 Å². The van der Waals surface area contributed by atoms with E-state index in [1.165, 1.54) is 4.68 Å². The van der Waals surface area contributed by atoms with Crippen molar-refractivity contribution in [3.63, 3.8) is 0 Å². The summed E-state index contributed by atoms with van der Waals surface area (Å²) in [7, 11) is 1.64. The van der Waals surface area contributed by atoms with E-state index in [1.807, 2.05) is 12.1 Å². The van der Waals surface area contributed by atoms with Crippen LogP contribution in [0.25, 0.3) is 0 Å². The number of rotatable bonds is 2. The maximum atomic E-state index is 11.9. The Balaban J connectivity index is 1.73. The second-order valence-electron chi connectivity index (χ2n) is 5.26. The van der Waals surface area contributed by atoms with Crippen LogP contribution in [0.5, 0.6) is 5.75 Å². The van der Waals surface area contributed by atoms with E-state index < -0.39 is 0 Å². The van der Waals surface area contributed by atoms with Crippen LogP contribution < -0.4 is 15.4 Å². The Morgan fingerprint density at radius 1 is 1.09 bits per heavy atom. The van der Waals surface area contributed by atoms with Gasteiger partial charge in [0.2, 0.25) is 0 Å². The lowest BCUT2D eigenvalue weighted by Crippen LogP contribution is -2.47. The standard InChI is InChI=1S/C15H17BrN4O2/c1-18-15(22)14(16)13(10-17-18)20-8-6-19(7-9-20)11-2-4-12(21)5-3-11/h2-5,10,21H,6-9H2,1H3. The third-order valence-electron chi connectivity index (χ3n) is 3.90. The predicted molar refractivity (Wildman–Crippen MR) is 89.7 cm³/mol. The van der Waals surface area contributed by atoms with E-state index in [1.54, 1.807) is 25.4 Å². The highest BCUT2D eigenvalue weighted by Crippen LogP contribution is 2.25.